The minimum Gasteiger partial charge on any atom is -0.393 e. The number of hydrogen-bond donors (Lipinski definition) is 7. The van der Waals surface area contributed by atoms with Crippen molar-refractivity contribution in [3.63, 3.8) is 0 Å². The summed E-state index contributed by atoms with van der Waals surface area (Å²) in [7, 11) is 3.20. The number of thioether (sulfide) groups is 1. The molecule has 0 bridgehead atoms. The molecule has 2 atom stereocenters. The molecule has 1 fully saturated rings. The zero-order valence-corrected chi connectivity index (χ0v) is 39.9. The Morgan fingerprint density at radius 3 is 2.35 bits per heavy atom. The number of carbonyl (C=O) groups is 7. The van der Waals surface area contributed by atoms with E-state index in [1.807, 2.05) is 30.5 Å². The van der Waals surface area contributed by atoms with E-state index in [0.717, 1.165) is 52.6 Å². The Labute approximate surface area is 398 Å². The number of pyridine rings is 1. The highest BCUT2D eigenvalue weighted by Gasteiger charge is 2.35. The summed E-state index contributed by atoms with van der Waals surface area (Å²) in [5.41, 5.74) is 7.09. The van der Waals surface area contributed by atoms with E-state index in [9.17, 15) is 43.5 Å². The average molecular weight is 952 g/mol. The van der Waals surface area contributed by atoms with Gasteiger partial charge < -0.3 is 55.8 Å². The first-order valence-corrected chi connectivity index (χ1v) is 24.6. The molecule has 4 aromatic rings. The number of aliphatic hydroxyl groups is 1. The average Bonchev–Trinajstić information content (AvgIpc) is 3.99. The Kier molecular flexibility index (Phi) is 16.1. The van der Waals surface area contributed by atoms with Crippen molar-refractivity contribution in [1.82, 2.24) is 41.0 Å². The Hall–Kier alpha value is -6.47. The molecule has 2 aromatic heterocycles. The van der Waals surface area contributed by atoms with Crippen molar-refractivity contribution in [2.45, 2.75) is 89.3 Å². The molecule has 2 aromatic carbocycles. The van der Waals surface area contributed by atoms with Gasteiger partial charge in [0.15, 0.2) is 0 Å². The van der Waals surface area contributed by atoms with E-state index < -0.39 is 18.1 Å². The molecular weight excluding hydrogens is 891 g/mol. The van der Waals surface area contributed by atoms with Gasteiger partial charge in [0, 0.05) is 124 Å². The molecule has 7 N–H and O–H groups in total. The standard InChI is InChI=1S/C49H61N9O9S/c1-28(60)19-42(63)51-16-14-41(62)52-17-18-54-47(65)44-38-24-57(22-29-10-11-29)39-21-34(31(27-68-4)20-35(39)37-23-56(3)49(67)45(55-44)43(37)38)46(64)53-15-6-8-30-7-5-9-33-36(30)25-58(48(33)66)32(26-59)12-13-40(61)50-2/h5,7,9,20-21,23,26,28-29,32,55,60H,6,8,10-19,22,24-25,27H2,1-4H3,(H,50,61)(H,51,63)(H,52,62)(H,53,64)(H,54,65). The SMILES string of the molecule is CNC(=O)CCC(C=O)N1Cc2c(CCCNC(=O)c3cc4c(cc3CSC)-c3cn(C)c(=O)c5[nH]c(C(=O)NCCNC(=O)CCNC(=O)CC(C)O)c(c35)CN4CC3CC3)cccc2C1=O. The third-order valence-corrected chi connectivity index (χ3v) is 13.4. The third kappa shape index (κ3) is 11.3. The molecule has 3 aliphatic rings. The van der Waals surface area contributed by atoms with Crippen LogP contribution in [0.1, 0.15) is 105 Å². The summed E-state index contributed by atoms with van der Waals surface area (Å²) in [6, 6.07) is 8.82. The second-order valence-corrected chi connectivity index (χ2v) is 18.7. The van der Waals surface area contributed by atoms with E-state index in [4.69, 9.17) is 0 Å². The second kappa shape index (κ2) is 22.1. The normalized spacial score (nSPS) is 14.7. The molecule has 0 saturated heterocycles. The molecular formula is C49H61N9O9S. The molecule has 0 radical (unpaired) electrons. The van der Waals surface area contributed by atoms with Gasteiger partial charge in [0.05, 0.1) is 18.6 Å². The Bertz CT molecular complexity index is 2670. The Balaban J connectivity index is 1.07. The first-order valence-electron chi connectivity index (χ1n) is 23.2. The molecule has 7 rings (SSSR count). The highest BCUT2D eigenvalue weighted by Crippen LogP contribution is 2.45. The smallest absolute Gasteiger partial charge is 0.274 e. The maximum Gasteiger partial charge on any atom is 0.274 e. The maximum atomic E-state index is 14.3. The van der Waals surface area contributed by atoms with Gasteiger partial charge in [0.2, 0.25) is 17.7 Å². The number of hydrogen-bond acceptors (Lipinski definition) is 11. The molecule has 19 heteroatoms. The van der Waals surface area contributed by atoms with Crippen LogP contribution in [-0.4, -0.2) is 119 Å². The summed E-state index contributed by atoms with van der Waals surface area (Å²) in [5, 5.41) is 23.9. The lowest BCUT2D eigenvalue weighted by Crippen LogP contribution is -2.37. The van der Waals surface area contributed by atoms with Crippen LogP contribution in [0.4, 0.5) is 5.69 Å². The third-order valence-electron chi connectivity index (χ3n) is 12.8. The summed E-state index contributed by atoms with van der Waals surface area (Å²) in [6.07, 6.45) is 7.34. The van der Waals surface area contributed by atoms with Crippen molar-refractivity contribution in [1.29, 1.82) is 0 Å². The maximum absolute atomic E-state index is 14.3. The molecule has 2 unspecified atom stereocenters. The van der Waals surface area contributed by atoms with Crippen LogP contribution in [0.15, 0.2) is 41.3 Å². The lowest BCUT2D eigenvalue weighted by atomic mass is 9.95. The fraction of sp³-hybridized carbons (Fsp3) is 0.469. The Morgan fingerprint density at radius 1 is 0.882 bits per heavy atom. The van der Waals surface area contributed by atoms with Crippen LogP contribution in [0.3, 0.4) is 0 Å². The monoisotopic (exact) mass is 951 g/mol. The van der Waals surface area contributed by atoms with Crippen molar-refractivity contribution in [3.05, 3.63) is 86.0 Å². The number of rotatable bonds is 23. The quantitative estimate of drug-likeness (QED) is 0.0421. The molecule has 4 heterocycles. The summed E-state index contributed by atoms with van der Waals surface area (Å²) >= 11 is 1.59. The first kappa shape index (κ1) is 49.4. The van der Waals surface area contributed by atoms with Gasteiger partial charge in [0.25, 0.3) is 23.3 Å². The largest absolute Gasteiger partial charge is 0.393 e. The number of aryl methyl sites for hydroxylation is 2. The highest BCUT2D eigenvalue weighted by atomic mass is 32.2. The fourth-order valence-corrected chi connectivity index (χ4v) is 9.65. The zero-order chi connectivity index (χ0) is 48.6. The van der Waals surface area contributed by atoms with E-state index in [2.05, 4.69) is 36.5 Å². The predicted molar refractivity (Wildman–Crippen MR) is 259 cm³/mol. The fourth-order valence-electron chi connectivity index (χ4n) is 9.10. The summed E-state index contributed by atoms with van der Waals surface area (Å²) in [4.78, 5) is 110. The van der Waals surface area contributed by atoms with Gasteiger partial charge in [-0.3, -0.25) is 33.6 Å². The van der Waals surface area contributed by atoms with E-state index in [1.165, 1.54) is 23.4 Å². The van der Waals surface area contributed by atoms with Crippen molar-refractivity contribution >= 4 is 70.1 Å². The predicted octanol–water partition coefficient (Wildman–Crippen LogP) is 2.66. The molecule has 362 valence electrons. The van der Waals surface area contributed by atoms with Crippen LogP contribution >= 0.6 is 11.8 Å². The van der Waals surface area contributed by atoms with E-state index in [1.54, 1.807) is 31.1 Å². The molecule has 2 aliphatic heterocycles. The van der Waals surface area contributed by atoms with E-state index >= 15 is 0 Å². The molecule has 18 nitrogen and oxygen atoms in total. The summed E-state index contributed by atoms with van der Waals surface area (Å²) in [6.45, 7) is 3.48. The van der Waals surface area contributed by atoms with Crippen molar-refractivity contribution in [3.8, 4) is 11.1 Å². The number of aromatic amines is 1. The minimum atomic E-state index is -0.781. The van der Waals surface area contributed by atoms with Crippen LogP contribution < -0.4 is 37.0 Å². The number of anilines is 1. The van der Waals surface area contributed by atoms with Crippen LogP contribution in [0, 0.1) is 5.92 Å². The van der Waals surface area contributed by atoms with Gasteiger partial charge in [-0.25, -0.2) is 0 Å². The Morgan fingerprint density at radius 2 is 1.63 bits per heavy atom. The van der Waals surface area contributed by atoms with Gasteiger partial charge in [-0.2, -0.15) is 11.8 Å². The van der Waals surface area contributed by atoms with Crippen molar-refractivity contribution in [2.24, 2.45) is 13.0 Å². The molecule has 6 amide bonds. The topological polar surface area (TPSA) is 244 Å². The number of nitrogens with zero attached hydrogens (tertiary/aromatic N) is 3. The van der Waals surface area contributed by atoms with E-state index in [-0.39, 0.29) is 92.7 Å². The molecule has 1 saturated carbocycles. The summed E-state index contributed by atoms with van der Waals surface area (Å²) < 4.78 is 1.50. The van der Waals surface area contributed by atoms with Crippen LogP contribution in [-0.2, 0) is 51.5 Å². The lowest BCUT2D eigenvalue weighted by molar-refractivity contribution is -0.124. The molecule has 1 aliphatic carbocycles. The number of aliphatic hydroxyl groups excluding tert-OH is 1. The van der Waals surface area contributed by atoms with Crippen LogP contribution in [0.25, 0.3) is 22.0 Å². The number of carbonyl (C=O) groups excluding carboxylic acids is 7. The van der Waals surface area contributed by atoms with Crippen molar-refractivity contribution in [2.75, 3.05) is 50.9 Å². The van der Waals surface area contributed by atoms with Gasteiger partial charge in [-0.15, -0.1) is 0 Å². The zero-order valence-electron chi connectivity index (χ0n) is 39.1. The second-order valence-electron chi connectivity index (χ2n) is 17.9. The summed E-state index contributed by atoms with van der Waals surface area (Å²) in [5.74, 6) is -0.790. The highest BCUT2D eigenvalue weighted by molar-refractivity contribution is 7.97. The van der Waals surface area contributed by atoms with Gasteiger partial charge >= 0.3 is 0 Å². The van der Waals surface area contributed by atoms with Crippen molar-refractivity contribution < 1.29 is 38.7 Å². The van der Waals surface area contributed by atoms with Gasteiger partial charge in [-0.1, -0.05) is 12.1 Å². The van der Waals surface area contributed by atoms with E-state index in [0.29, 0.717) is 71.7 Å². The van der Waals surface area contributed by atoms with Gasteiger partial charge in [-0.05, 0) is 86.1 Å². The number of fused-ring (bicyclic) bond motifs is 3. The lowest BCUT2D eigenvalue weighted by Gasteiger charge is -2.27. The number of nitrogens with one attached hydrogen (secondary N) is 6. The van der Waals surface area contributed by atoms with Crippen LogP contribution in [0.2, 0.25) is 0 Å². The number of aromatic nitrogens is 2. The number of H-pyrrole nitrogens is 1. The van der Waals surface area contributed by atoms with Crippen LogP contribution in [0.5, 0.6) is 0 Å². The first-order chi connectivity index (χ1) is 32.7. The number of amides is 6. The number of benzene rings is 2. The molecule has 0 spiro atoms. The van der Waals surface area contributed by atoms with Gasteiger partial charge in [0.1, 0.15) is 17.5 Å². The number of aldehydes is 1. The minimum absolute atomic E-state index is 0.0338. The molecule has 68 heavy (non-hydrogen) atoms.